The fourth-order valence-corrected chi connectivity index (χ4v) is 2.75. The molecule has 0 fully saturated rings. The third kappa shape index (κ3) is 3.44. The molecular formula is C12H18ClNO2S. The maximum absolute atomic E-state index is 11.9. The molecule has 0 radical (unpaired) electrons. The Morgan fingerprint density at radius 3 is 2.76 bits per heavy atom. The number of hydrogen-bond acceptors (Lipinski definition) is 3. The molecule has 0 N–H and O–H groups in total. The molecule has 3 nitrogen and oxygen atoms in total. The number of rotatable bonds is 6. The fraction of sp³-hybridized carbons (Fsp3) is 0.583. The summed E-state index contributed by atoms with van der Waals surface area (Å²) in [5, 5.41) is 2.06. The predicted octanol–water partition coefficient (Wildman–Crippen LogP) is 3.18. The minimum atomic E-state index is -0.115. The van der Waals surface area contributed by atoms with Crippen LogP contribution in [0.2, 0.25) is 0 Å². The minimum Gasteiger partial charge on any atom is -0.361 e. The molecule has 17 heavy (non-hydrogen) atoms. The van der Waals surface area contributed by atoms with Crippen LogP contribution < -0.4 is 4.90 Å². The van der Waals surface area contributed by atoms with E-state index in [1.807, 2.05) is 13.8 Å². The summed E-state index contributed by atoms with van der Waals surface area (Å²) < 4.78 is 5.35. The van der Waals surface area contributed by atoms with Crippen molar-refractivity contribution in [1.82, 2.24) is 0 Å². The highest BCUT2D eigenvalue weighted by molar-refractivity contribution is 7.10. The molecule has 0 spiro atoms. The SMILES string of the molecule is CCOCN(C(=O)CCl)c1c(C)csc1CC. The van der Waals surface area contributed by atoms with Crippen LogP contribution in [0.3, 0.4) is 0 Å². The molecule has 0 aromatic carbocycles. The molecule has 0 saturated heterocycles. The molecule has 5 heteroatoms. The second-order valence-corrected chi connectivity index (χ2v) is 4.85. The Morgan fingerprint density at radius 1 is 1.53 bits per heavy atom. The fourth-order valence-electron chi connectivity index (χ4n) is 1.62. The van der Waals surface area contributed by atoms with E-state index in [-0.39, 0.29) is 18.5 Å². The number of hydrogen-bond donors (Lipinski definition) is 0. The molecule has 0 unspecified atom stereocenters. The number of anilines is 1. The highest BCUT2D eigenvalue weighted by Crippen LogP contribution is 2.31. The van der Waals surface area contributed by atoms with Crippen LogP contribution in [0.15, 0.2) is 5.38 Å². The molecule has 0 atom stereocenters. The molecule has 1 amide bonds. The standard InChI is InChI=1S/C12H18ClNO2S/c1-4-10-12(9(3)7-17-10)14(8-16-5-2)11(15)6-13/h7H,4-6,8H2,1-3H3. The van der Waals surface area contributed by atoms with Crippen LogP contribution in [-0.2, 0) is 16.0 Å². The lowest BCUT2D eigenvalue weighted by Gasteiger charge is -2.23. The number of halogens is 1. The molecule has 1 rings (SSSR count). The summed E-state index contributed by atoms with van der Waals surface area (Å²) in [5.41, 5.74) is 2.07. The van der Waals surface area contributed by atoms with Crippen molar-refractivity contribution in [2.45, 2.75) is 27.2 Å². The summed E-state index contributed by atoms with van der Waals surface area (Å²) in [5.74, 6) is -0.137. The van der Waals surface area contributed by atoms with E-state index < -0.39 is 0 Å². The molecule has 1 aromatic heterocycles. The Labute approximate surface area is 111 Å². The molecule has 0 bridgehead atoms. The molecule has 1 heterocycles. The van der Waals surface area contributed by atoms with E-state index in [4.69, 9.17) is 16.3 Å². The highest BCUT2D eigenvalue weighted by Gasteiger charge is 2.20. The Morgan fingerprint density at radius 2 is 2.24 bits per heavy atom. The Balaban J connectivity index is 3.02. The van der Waals surface area contributed by atoms with Gasteiger partial charge >= 0.3 is 0 Å². The van der Waals surface area contributed by atoms with Crippen LogP contribution in [0.4, 0.5) is 5.69 Å². The molecule has 1 aromatic rings. The number of nitrogens with zero attached hydrogens (tertiary/aromatic N) is 1. The normalized spacial score (nSPS) is 10.6. The Kier molecular flexibility index (Phi) is 5.95. The number of aryl methyl sites for hydroxylation is 2. The summed E-state index contributed by atoms with van der Waals surface area (Å²) in [7, 11) is 0. The number of carbonyl (C=O) groups excluding carboxylic acids is 1. The van der Waals surface area contributed by atoms with E-state index in [9.17, 15) is 4.79 Å². The third-order valence-electron chi connectivity index (χ3n) is 2.45. The van der Waals surface area contributed by atoms with Gasteiger partial charge in [-0.15, -0.1) is 22.9 Å². The van der Waals surface area contributed by atoms with E-state index in [1.54, 1.807) is 16.2 Å². The van der Waals surface area contributed by atoms with Crippen molar-refractivity contribution in [2.75, 3.05) is 24.1 Å². The van der Waals surface area contributed by atoms with Crippen molar-refractivity contribution in [3.05, 3.63) is 15.8 Å². The zero-order chi connectivity index (χ0) is 12.8. The first-order valence-corrected chi connectivity index (χ1v) is 7.08. The van der Waals surface area contributed by atoms with Crippen molar-refractivity contribution in [2.24, 2.45) is 0 Å². The average Bonchev–Trinajstić information content (AvgIpc) is 2.71. The zero-order valence-corrected chi connectivity index (χ0v) is 12.0. The van der Waals surface area contributed by atoms with Gasteiger partial charge in [-0.25, -0.2) is 0 Å². The van der Waals surface area contributed by atoms with E-state index >= 15 is 0 Å². The van der Waals surface area contributed by atoms with Crippen molar-refractivity contribution in [1.29, 1.82) is 0 Å². The summed E-state index contributed by atoms with van der Waals surface area (Å²) in [6, 6.07) is 0. The van der Waals surface area contributed by atoms with Gasteiger partial charge in [0, 0.05) is 11.5 Å². The number of carbonyl (C=O) groups is 1. The van der Waals surface area contributed by atoms with Gasteiger partial charge in [-0.1, -0.05) is 6.92 Å². The lowest BCUT2D eigenvalue weighted by molar-refractivity contribution is -0.117. The minimum absolute atomic E-state index is 0.0223. The van der Waals surface area contributed by atoms with E-state index in [0.717, 1.165) is 17.7 Å². The van der Waals surface area contributed by atoms with Crippen molar-refractivity contribution >= 4 is 34.5 Å². The smallest absolute Gasteiger partial charge is 0.243 e. The van der Waals surface area contributed by atoms with E-state index in [0.29, 0.717) is 6.61 Å². The lowest BCUT2D eigenvalue weighted by atomic mass is 10.2. The number of amides is 1. The Bertz CT molecular complexity index is 379. The summed E-state index contributed by atoms with van der Waals surface area (Å²) >= 11 is 7.32. The number of ether oxygens (including phenoxy) is 1. The predicted molar refractivity (Wildman–Crippen MR) is 73.1 cm³/mol. The van der Waals surface area contributed by atoms with Gasteiger partial charge in [0.05, 0.1) is 5.69 Å². The van der Waals surface area contributed by atoms with Gasteiger partial charge in [0.25, 0.3) is 0 Å². The molecule has 96 valence electrons. The first kappa shape index (κ1) is 14.5. The molecule has 0 saturated carbocycles. The second kappa shape index (κ2) is 6.99. The van der Waals surface area contributed by atoms with Gasteiger partial charge < -0.3 is 4.74 Å². The monoisotopic (exact) mass is 275 g/mol. The van der Waals surface area contributed by atoms with Crippen LogP contribution in [-0.4, -0.2) is 25.1 Å². The third-order valence-corrected chi connectivity index (χ3v) is 3.91. The van der Waals surface area contributed by atoms with Crippen LogP contribution in [0.1, 0.15) is 24.3 Å². The van der Waals surface area contributed by atoms with Gasteiger partial charge in [-0.2, -0.15) is 0 Å². The van der Waals surface area contributed by atoms with Crippen LogP contribution in [0.5, 0.6) is 0 Å². The Hall–Kier alpha value is -0.580. The first-order valence-electron chi connectivity index (χ1n) is 5.66. The first-order chi connectivity index (χ1) is 8.15. The van der Waals surface area contributed by atoms with Crippen LogP contribution in [0, 0.1) is 6.92 Å². The van der Waals surface area contributed by atoms with Gasteiger partial charge in [-0.05, 0) is 31.2 Å². The second-order valence-electron chi connectivity index (χ2n) is 3.62. The van der Waals surface area contributed by atoms with E-state index in [1.165, 1.54) is 4.88 Å². The van der Waals surface area contributed by atoms with Crippen LogP contribution in [0.25, 0.3) is 0 Å². The largest absolute Gasteiger partial charge is 0.361 e. The van der Waals surface area contributed by atoms with E-state index in [2.05, 4.69) is 12.3 Å². The molecule has 0 aliphatic rings. The number of alkyl halides is 1. The maximum atomic E-state index is 11.9. The lowest BCUT2D eigenvalue weighted by Crippen LogP contribution is -2.35. The van der Waals surface area contributed by atoms with Crippen LogP contribution >= 0.6 is 22.9 Å². The quantitative estimate of drug-likeness (QED) is 0.589. The molecule has 0 aliphatic carbocycles. The molecule has 0 aliphatic heterocycles. The number of thiophene rings is 1. The van der Waals surface area contributed by atoms with Crippen molar-refractivity contribution in [3.63, 3.8) is 0 Å². The van der Waals surface area contributed by atoms with Crippen molar-refractivity contribution < 1.29 is 9.53 Å². The summed E-state index contributed by atoms with van der Waals surface area (Å²) in [6.07, 6.45) is 0.909. The van der Waals surface area contributed by atoms with Gasteiger partial charge in [0.1, 0.15) is 12.6 Å². The summed E-state index contributed by atoms with van der Waals surface area (Å²) in [4.78, 5) is 14.7. The van der Waals surface area contributed by atoms with Gasteiger partial charge in [0.2, 0.25) is 5.91 Å². The van der Waals surface area contributed by atoms with Gasteiger partial charge in [-0.3, -0.25) is 9.69 Å². The topological polar surface area (TPSA) is 29.5 Å². The zero-order valence-electron chi connectivity index (χ0n) is 10.5. The average molecular weight is 276 g/mol. The maximum Gasteiger partial charge on any atom is 0.243 e. The highest BCUT2D eigenvalue weighted by atomic mass is 35.5. The summed E-state index contributed by atoms with van der Waals surface area (Å²) in [6.45, 7) is 6.85. The van der Waals surface area contributed by atoms with Crippen molar-refractivity contribution in [3.8, 4) is 0 Å². The molecular weight excluding hydrogens is 258 g/mol. The van der Waals surface area contributed by atoms with Gasteiger partial charge in [0.15, 0.2) is 0 Å².